The van der Waals surface area contributed by atoms with Crippen molar-refractivity contribution < 1.29 is 9.53 Å². The molecule has 1 aromatic rings. The van der Waals surface area contributed by atoms with Crippen LogP contribution in [0.5, 0.6) is 0 Å². The molecule has 0 spiro atoms. The van der Waals surface area contributed by atoms with Crippen LogP contribution in [0.25, 0.3) is 0 Å². The highest BCUT2D eigenvalue weighted by molar-refractivity contribution is 5.69. The predicted octanol–water partition coefficient (Wildman–Crippen LogP) is 2.71. The minimum Gasteiger partial charge on any atom is -0.444 e. The van der Waals surface area contributed by atoms with E-state index in [-0.39, 0.29) is 18.2 Å². The molecule has 2 fully saturated rings. The third-order valence-corrected chi connectivity index (χ3v) is 5.26. The van der Waals surface area contributed by atoms with Gasteiger partial charge in [0.2, 0.25) is 0 Å². The van der Waals surface area contributed by atoms with E-state index in [1.807, 2.05) is 25.7 Å². The Morgan fingerprint density at radius 2 is 1.89 bits per heavy atom. The van der Waals surface area contributed by atoms with E-state index >= 15 is 0 Å². The standard InChI is InChI=1S/C21H34N4O2/c1-16-15-25(20(26)27-21(2,3)4)19(14-22-16)17-7-6-8-18(13-17)24-11-9-23(5)10-12-24/h6-8,13,16,19,22H,9-12,14-15H2,1-5H3/t16-,19+/m1/s1. The number of nitrogens with one attached hydrogen (secondary N) is 1. The Labute approximate surface area is 163 Å². The minimum absolute atomic E-state index is 0.0107. The number of piperazine rings is 2. The molecule has 1 aromatic carbocycles. The molecule has 27 heavy (non-hydrogen) atoms. The van der Waals surface area contributed by atoms with Crippen LogP contribution in [0, 0.1) is 0 Å². The average molecular weight is 375 g/mol. The van der Waals surface area contributed by atoms with Crippen LogP contribution in [-0.4, -0.2) is 73.9 Å². The molecule has 2 aliphatic heterocycles. The number of carbonyl (C=O) groups is 1. The van der Waals surface area contributed by atoms with Crippen LogP contribution in [0.4, 0.5) is 10.5 Å². The molecule has 2 heterocycles. The number of amides is 1. The number of nitrogens with zero attached hydrogens (tertiary/aromatic N) is 3. The van der Waals surface area contributed by atoms with Crippen LogP contribution < -0.4 is 10.2 Å². The molecule has 6 nitrogen and oxygen atoms in total. The highest BCUT2D eigenvalue weighted by Gasteiger charge is 2.34. The highest BCUT2D eigenvalue weighted by atomic mass is 16.6. The van der Waals surface area contributed by atoms with Gasteiger partial charge in [0, 0.05) is 51.0 Å². The summed E-state index contributed by atoms with van der Waals surface area (Å²) in [7, 11) is 2.17. The van der Waals surface area contributed by atoms with Crippen molar-refractivity contribution in [1.82, 2.24) is 15.1 Å². The molecule has 0 radical (unpaired) electrons. The van der Waals surface area contributed by atoms with E-state index in [1.54, 1.807) is 0 Å². The number of ether oxygens (including phenoxy) is 1. The van der Waals surface area contributed by atoms with Crippen molar-refractivity contribution >= 4 is 11.8 Å². The molecule has 0 saturated carbocycles. The van der Waals surface area contributed by atoms with Gasteiger partial charge in [-0.05, 0) is 52.4 Å². The molecule has 0 bridgehead atoms. The highest BCUT2D eigenvalue weighted by Crippen LogP contribution is 2.29. The summed E-state index contributed by atoms with van der Waals surface area (Å²) in [6, 6.07) is 8.89. The van der Waals surface area contributed by atoms with Gasteiger partial charge < -0.3 is 19.9 Å². The van der Waals surface area contributed by atoms with Gasteiger partial charge in [-0.3, -0.25) is 4.90 Å². The smallest absolute Gasteiger partial charge is 0.410 e. The zero-order chi connectivity index (χ0) is 19.6. The summed E-state index contributed by atoms with van der Waals surface area (Å²) in [6.45, 7) is 13.5. The van der Waals surface area contributed by atoms with Gasteiger partial charge in [-0.25, -0.2) is 4.79 Å². The van der Waals surface area contributed by atoms with Gasteiger partial charge in [0.15, 0.2) is 0 Å². The molecule has 1 N–H and O–H groups in total. The van der Waals surface area contributed by atoms with Crippen molar-refractivity contribution in [2.75, 3.05) is 51.2 Å². The van der Waals surface area contributed by atoms with Gasteiger partial charge in [0.1, 0.15) is 5.60 Å². The number of carbonyl (C=O) groups excluding carboxylic acids is 1. The van der Waals surface area contributed by atoms with Crippen LogP contribution in [0.1, 0.15) is 39.3 Å². The molecule has 0 aromatic heterocycles. The van der Waals surface area contributed by atoms with Crippen molar-refractivity contribution in [2.24, 2.45) is 0 Å². The second kappa shape index (κ2) is 8.07. The predicted molar refractivity (Wildman–Crippen MR) is 109 cm³/mol. The van der Waals surface area contributed by atoms with Crippen molar-refractivity contribution in [3.63, 3.8) is 0 Å². The van der Waals surface area contributed by atoms with Gasteiger partial charge in [-0.2, -0.15) is 0 Å². The molecule has 0 unspecified atom stereocenters. The van der Waals surface area contributed by atoms with Crippen LogP contribution >= 0.6 is 0 Å². The Bertz CT molecular complexity index is 650. The van der Waals surface area contributed by atoms with Gasteiger partial charge >= 0.3 is 6.09 Å². The normalized spacial score (nSPS) is 24.8. The molecular weight excluding hydrogens is 340 g/mol. The van der Waals surface area contributed by atoms with Crippen molar-refractivity contribution in [1.29, 1.82) is 0 Å². The van der Waals surface area contributed by atoms with Gasteiger partial charge in [0.25, 0.3) is 0 Å². The quantitative estimate of drug-likeness (QED) is 0.863. The minimum atomic E-state index is -0.489. The molecule has 150 valence electrons. The van der Waals surface area contributed by atoms with E-state index in [0.717, 1.165) is 38.3 Å². The molecule has 2 atom stereocenters. The largest absolute Gasteiger partial charge is 0.444 e. The first-order valence-corrected chi connectivity index (χ1v) is 9.99. The number of rotatable bonds is 2. The van der Waals surface area contributed by atoms with Crippen molar-refractivity contribution in [3.05, 3.63) is 29.8 Å². The second-order valence-corrected chi connectivity index (χ2v) is 8.84. The Morgan fingerprint density at radius 1 is 1.19 bits per heavy atom. The van der Waals surface area contributed by atoms with Crippen molar-refractivity contribution in [2.45, 2.75) is 45.4 Å². The SMILES string of the molecule is C[C@@H]1CN(C(=O)OC(C)(C)C)[C@H](c2cccc(N3CCN(C)CC3)c2)CN1. The summed E-state index contributed by atoms with van der Waals surface area (Å²) in [5.74, 6) is 0. The third-order valence-electron chi connectivity index (χ3n) is 5.26. The molecule has 2 saturated heterocycles. The maximum Gasteiger partial charge on any atom is 0.410 e. The lowest BCUT2D eigenvalue weighted by Gasteiger charge is -2.40. The van der Waals surface area contributed by atoms with Crippen LogP contribution in [0.3, 0.4) is 0 Å². The van der Waals surface area contributed by atoms with Gasteiger partial charge in [-0.15, -0.1) is 0 Å². The van der Waals surface area contributed by atoms with Gasteiger partial charge in [0.05, 0.1) is 6.04 Å². The second-order valence-electron chi connectivity index (χ2n) is 8.84. The molecule has 3 rings (SSSR count). The molecular formula is C21H34N4O2. The summed E-state index contributed by atoms with van der Waals surface area (Å²) in [5, 5.41) is 3.51. The number of likely N-dealkylation sites (N-methyl/N-ethyl adjacent to an activating group) is 1. The Morgan fingerprint density at radius 3 is 2.56 bits per heavy atom. The number of hydrogen-bond donors (Lipinski definition) is 1. The van der Waals surface area contributed by atoms with E-state index in [4.69, 9.17) is 4.74 Å². The van der Waals surface area contributed by atoms with Crippen molar-refractivity contribution in [3.8, 4) is 0 Å². The number of anilines is 1. The lowest BCUT2D eigenvalue weighted by atomic mass is 10.0. The first-order valence-electron chi connectivity index (χ1n) is 9.99. The van der Waals surface area contributed by atoms with Crippen LogP contribution in [0.15, 0.2) is 24.3 Å². The summed E-state index contributed by atoms with van der Waals surface area (Å²) in [5.41, 5.74) is 1.91. The number of hydrogen-bond acceptors (Lipinski definition) is 5. The first kappa shape index (κ1) is 20.0. The molecule has 1 amide bonds. The molecule has 2 aliphatic rings. The Hall–Kier alpha value is -1.79. The zero-order valence-corrected chi connectivity index (χ0v) is 17.4. The van der Waals surface area contributed by atoms with E-state index < -0.39 is 5.60 Å². The van der Waals surface area contributed by atoms with E-state index in [1.165, 1.54) is 5.69 Å². The van der Waals surface area contributed by atoms with E-state index in [2.05, 4.69) is 53.4 Å². The van der Waals surface area contributed by atoms with Crippen LogP contribution in [-0.2, 0) is 4.74 Å². The molecule has 0 aliphatic carbocycles. The lowest BCUT2D eigenvalue weighted by molar-refractivity contribution is 0.00787. The summed E-state index contributed by atoms with van der Waals surface area (Å²) in [6.07, 6.45) is -0.231. The first-order chi connectivity index (χ1) is 12.7. The fraction of sp³-hybridized carbons (Fsp3) is 0.667. The van der Waals surface area contributed by atoms with E-state index in [0.29, 0.717) is 6.54 Å². The summed E-state index contributed by atoms with van der Waals surface area (Å²) in [4.78, 5) is 19.5. The Balaban J connectivity index is 1.80. The lowest BCUT2D eigenvalue weighted by Crippen LogP contribution is -2.54. The van der Waals surface area contributed by atoms with E-state index in [9.17, 15) is 4.79 Å². The molecule has 6 heteroatoms. The maximum absolute atomic E-state index is 12.8. The summed E-state index contributed by atoms with van der Waals surface area (Å²) < 4.78 is 5.68. The Kier molecular flexibility index (Phi) is 5.96. The third kappa shape index (κ3) is 5.14. The zero-order valence-electron chi connectivity index (χ0n) is 17.4. The fourth-order valence-electron chi connectivity index (χ4n) is 3.72. The average Bonchev–Trinajstić information content (AvgIpc) is 2.61. The monoisotopic (exact) mass is 374 g/mol. The fourth-order valence-corrected chi connectivity index (χ4v) is 3.72. The maximum atomic E-state index is 12.8. The van der Waals surface area contributed by atoms with Crippen LogP contribution in [0.2, 0.25) is 0 Å². The topological polar surface area (TPSA) is 48.1 Å². The van der Waals surface area contributed by atoms with Gasteiger partial charge in [-0.1, -0.05) is 12.1 Å². The number of benzene rings is 1. The summed E-state index contributed by atoms with van der Waals surface area (Å²) >= 11 is 0.